The fourth-order valence-electron chi connectivity index (χ4n) is 6.29. The Bertz CT molecular complexity index is 1520. The standard InChI is InChI=1S/2C20H20P.C4H6O4/c2*1-2-21(18-12-6-3-7-13-18,19-14-8-4-9-15-19)20-16-10-5-11-17-20;5-3(6)1-2-4(7)8/h2*3-17H,2H2,1H3;1-2H2,(H,5,6)(H,7,8)/q2*+1;/p-2. The van der Waals surface area contributed by atoms with Crippen molar-refractivity contribution in [2.45, 2.75) is 26.7 Å². The lowest BCUT2D eigenvalue weighted by Gasteiger charge is -2.26. The lowest BCUT2D eigenvalue weighted by atomic mass is 10.3. The van der Waals surface area contributed by atoms with E-state index in [-0.39, 0.29) is 0 Å². The number of hydrogen-bond donors (Lipinski definition) is 0. The molecule has 0 aliphatic heterocycles. The van der Waals surface area contributed by atoms with Gasteiger partial charge in [-0.25, -0.2) is 0 Å². The van der Waals surface area contributed by atoms with Gasteiger partial charge in [-0.05, 0) is 99.5 Å². The molecule has 0 bridgehead atoms. The predicted octanol–water partition coefficient (Wildman–Crippen LogP) is 5.27. The van der Waals surface area contributed by atoms with Crippen molar-refractivity contribution >= 4 is 58.3 Å². The first kappa shape index (κ1) is 37.9. The normalized spacial score (nSPS) is 10.8. The summed E-state index contributed by atoms with van der Waals surface area (Å²) in [6, 6.07) is 66.0. The van der Waals surface area contributed by atoms with Gasteiger partial charge in [0.15, 0.2) is 0 Å². The minimum absolute atomic E-state index is 0.470. The van der Waals surface area contributed by atoms with E-state index >= 15 is 0 Å². The number of rotatable bonds is 11. The van der Waals surface area contributed by atoms with Crippen LogP contribution in [0.1, 0.15) is 26.7 Å². The van der Waals surface area contributed by atoms with Gasteiger partial charge in [-0.3, -0.25) is 0 Å². The zero-order valence-corrected chi connectivity index (χ0v) is 30.5. The summed E-state index contributed by atoms with van der Waals surface area (Å²) in [5.41, 5.74) is 0. The molecule has 0 amide bonds. The Kier molecular flexibility index (Phi) is 14.7. The van der Waals surface area contributed by atoms with Gasteiger partial charge in [0, 0.05) is 11.9 Å². The molecule has 0 atom stereocenters. The number of carboxylic acid groups (broad SMARTS) is 2. The molecule has 0 unspecified atom stereocenters. The van der Waals surface area contributed by atoms with E-state index in [0.29, 0.717) is 0 Å². The first-order chi connectivity index (χ1) is 24.4. The summed E-state index contributed by atoms with van der Waals surface area (Å²) < 4.78 is 0. The molecule has 0 fully saturated rings. The number of hydrogen-bond acceptors (Lipinski definition) is 4. The molecule has 0 spiro atoms. The van der Waals surface area contributed by atoms with Crippen molar-refractivity contribution in [3.05, 3.63) is 182 Å². The minimum atomic E-state index is -1.53. The summed E-state index contributed by atoms with van der Waals surface area (Å²) in [7, 11) is -3.07. The maximum absolute atomic E-state index is 9.50. The van der Waals surface area contributed by atoms with Gasteiger partial charge in [-0.1, -0.05) is 109 Å². The quantitative estimate of drug-likeness (QED) is 0.173. The predicted molar refractivity (Wildman–Crippen MR) is 211 cm³/mol. The minimum Gasteiger partial charge on any atom is -0.550 e. The Morgan fingerprint density at radius 2 is 0.520 bits per heavy atom. The Labute approximate surface area is 298 Å². The van der Waals surface area contributed by atoms with Gasteiger partial charge < -0.3 is 19.8 Å². The second-order valence-electron chi connectivity index (χ2n) is 11.5. The molecule has 6 aromatic carbocycles. The Balaban J connectivity index is 0.000000186. The fourth-order valence-corrected chi connectivity index (χ4v) is 14.4. The van der Waals surface area contributed by atoms with Crippen LogP contribution in [0.25, 0.3) is 0 Å². The molecule has 0 saturated carbocycles. The SMILES string of the molecule is CC[P+](c1ccccc1)(c1ccccc1)c1ccccc1.CC[P+](c1ccccc1)(c1ccccc1)c1ccccc1.O=C([O-])CCC(=O)[O-]. The van der Waals surface area contributed by atoms with Gasteiger partial charge >= 0.3 is 0 Å². The molecule has 6 rings (SSSR count). The summed E-state index contributed by atoms with van der Waals surface area (Å²) in [4.78, 5) is 19.0. The zero-order chi connectivity index (χ0) is 35.7. The van der Waals surface area contributed by atoms with Crippen LogP contribution in [0.5, 0.6) is 0 Å². The molecule has 6 heteroatoms. The van der Waals surface area contributed by atoms with Crippen molar-refractivity contribution in [3.63, 3.8) is 0 Å². The molecule has 4 nitrogen and oxygen atoms in total. The summed E-state index contributed by atoms with van der Waals surface area (Å²) in [5.74, 6) is -2.73. The lowest BCUT2D eigenvalue weighted by molar-refractivity contribution is -0.315. The number of carbonyl (C=O) groups excluding carboxylic acids is 2. The zero-order valence-electron chi connectivity index (χ0n) is 28.7. The van der Waals surface area contributed by atoms with Gasteiger partial charge in [-0.2, -0.15) is 0 Å². The van der Waals surface area contributed by atoms with Crippen LogP contribution in [0.2, 0.25) is 0 Å². The van der Waals surface area contributed by atoms with Crippen LogP contribution in [-0.4, -0.2) is 24.3 Å². The molecule has 0 N–H and O–H groups in total. The van der Waals surface area contributed by atoms with Crippen molar-refractivity contribution in [2.24, 2.45) is 0 Å². The van der Waals surface area contributed by atoms with E-state index in [2.05, 4.69) is 196 Å². The summed E-state index contributed by atoms with van der Waals surface area (Å²) in [6.45, 7) is 4.64. The van der Waals surface area contributed by atoms with E-state index in [1.807, 2.05) is 0 Å². The monoisotopic (exact) mass is 698 g/mol. The summed E-state index contributed by atoms with van der Waals surface area (Å²) in [6.07, 6.45) is 1.35. The highest BCUT2D eigenvalue weighted by Gasteiger charge is 2.44. The van der Waals surface area contributed by atoms with Crippen LogP contribution in [0, 0.1) is 0 Å². The van der Waals surface area contributed by atoms with Gasteiger partial charge in [0.05, 0.1) is 12.3 Å². The van der Waals surface area contributed by atoms with Crippen LogP contribution in [0.15, 0.2) is 182 Å². The van der Waals surface area contributed by atoms with Crippen LogP contribution >= 0.6 is 14.5 Å². The Hall–Kier alpha value is -4.88. The highest BCUT2D eigenvalue weighted by molar-refractivity contribution is 7.96. The Morgan fingerprint density at radius 1 is 0.360 bits per heavy atom. The van der Waals surface area contributed by atoms with E-state index in [0.717, 1.165) is 12.3 Å². The maximum Gasteiger partial charge on any atom is 0.111 e. The highest BCUT2D eigenvalue weighted by Crippen LogP contribution is 2.55. The average molecular weight is 699 g/mol. The number of carboxylic acids is 2. The third-order valence-electron chi connectivity index (χ3n) is 8.66. The molecule has 0 saturated heterocycles. The molecule has 0 aliphatic rings. The number of benzene rings is 6. The number of carbonyl (C=O) groups is 2. The van der Waals surface area contributed by atoms with Crippen LogP contribution in [0.4, 0.5) is 0 Å². The first-order valence-corrected chi connectivity index (χ1v) is 20.8. The number of aliphatic carboxylic acids is 2. The Morgan fingerprint density at radius 3 is 0.640 bits per heavy atom. The van der Waals surface area contributed by atoms with Crippen molar-refractivity contribution < 1.29 is 19.8 Å². The molecule has 0 aliphatic carbocycles. The highest BCUT2D eigenvalue weighted by atomic mass is 31.2. The smallest absolute Gasteiger partial charge is 0.111 e. The van der Waals surface area contributed by atoms with Gasteiger partial charge in [0.25, 0.3) is 0 Å². The third-order valence-corrected chi connectivity index (χ3v) is 17.6. The second-order valence-corrected chi connectivity index (χ2v) is 19.1. The lowest BCUT2D eigenvalue weighted by Crippen LogP contribution is -2.32. The second kappa shape index (κ2) is 19.3. The van der Waals surface area contributed by atoms with Gasteiger partial charge in [-0.15, -0.1) is 0 Å². The van der Waals surface area contributed by atoms with Crippen LogP contribution < -0.4 is 42.0 Å². The first-order valence-electron chi connectivity index (χ1n) is 16.9. The molecular weight excluding hydrogens is 654 g/mol. The van der Waals surface area contributed by atoms with Gasteiger partial charge in [0.1, 0.15) is 46.4 Å². The molecule has 50 heavy (non-hydrogen) atoms. The van der Waals surface area contributed by atoms with Crippen molar-refractivity contribution in [3.8, 4) is 0 Å². The van der Waals surface area contributed by atoms with Crippen molar-refractivity contribution in [2.75, 3.05) is 12.3 Å². The largest absolute Gasteiger partial charge is 0.550 e. The summed E-state index contributed by atoms with van der Waals surface area (Å²) >= 11 is 0. The molecular formula is C44H44O4P2. The van der Waals surface area contributed by atoms with Crippen LogP contribution in [0.3, 0.4) is 0 Å². The van der Waals surface area contributed by atoms with Crippen LogP contribution in [-0.2, 0) is 9.59 Å². The maximum atomic E-state index is 9.50. The molecule has 6 aromatic rings. The topological polar surface area (TPSA) is 80.3 Å². The third kappa shape index (κ3) is 9.42. The van der Waals surface area contributed by atoms with E-state index in [9.17, 15) is 19.8 Å². The molecule has 0 radical (unpaired) electrons. The van der Waals surface area contributed by atoms with E-state index in [1.165, 1.54) is 31.8 Å². The average Bonchev–Trinajstić information content (AvgIpc) is 3.18. The fraction of sp³-hybridized carbons (Fsp3) is 0.136. The van der Waals surface area contributed by atoms with Crippen molar-refractivity contribution in [1.29, 1.82) is 0 Å². The van der Waals surface area contributed by atoms with Gasteiger partial charge in [0.2, 0.25) is 0 Å². The molecule has 0 aromatic heterocycles. The molecule has 0 heterocycles. The van der Waals surface area contributed by atoms with E-state index in [4.69, 9.17) is 0 Å². The van der Waals surface area contributed by atoms with Crippen molar-refractivity contribution in [1.82, 2.24) is 0 Å². The van der Waals surface area contributed by atoms with E-state index in [1.54, 1.807) is 0 Å². The summed E-state index contributed by atoms with van der Waals surface area (Å²) in [5, 5.41) is 27.8. The molecule has 254 valence electrons. The van der Waals surface area contributed by atoms with E-state index < -0.39 is 39.3 Å².